The molecule has 0 amide bonds. The van der Waals surface area contributed by atoms with Gasteiger partial charge >= 0.3 is 0 Å². The predicted molar refractivity (Wildman–Crippen MR) is 63.3 cm³/mol. The highest BCUT2D eigenvalue weighted by atomic mass is 15.2. The fourth-order valence-electron chi connectivity index (χ4n) is 2.61. The largest absolute Gasteiger partial charge is 0.388 e. The normalized spacial score (nSPS) is 23.8. The van der Waals surface area contributed by atoms with Gasteiger partial charge in [-0.25, -0.2) is 0 Å². The van der Waals surface area contributed by atoms with E-state index in [9.17, 15) is 0 Å². The Bertz CT molecular complexity index is 170. The minimum atomic E-state index is 0.346. The van der Waals surface area contributed by atoms with Gasteiger partial charge in [-0.3, -0.25) is 0 Å². The van der Waals surface area contributed by atoms with Crippen molar-refractivity contribution in [3.8, 4) is 0 Å². The van der Waals surface area contributed by atoms with Crippen molar-refractivity contribution in [3.05, 3.63) is 0 Å². The molecule has 74 valence electrons. The molecule has 0 N–H and O–H groups in total. The molecule has 1 aliphatic rings. The Kier molecular flexibility index (Phi) is 2.62. The lowest BCUT2D eigenvalue weighted by molar-refractivity contribution is 0.391. The van der Waals surface area contributed by atoms with Crippen LogP contribution in [0.25, 0.3) is 0 Å². The Hall–Kier alpha value is 0.0899. The lowest BCUT2D eigenvalue weighted by Gasteiger charge is -2.28. The molecule has 0 aliphatic carbocycles. The van der Waals surface area contributed by atoms with Crippen molar-refractivity contribution in [2.24, 2.45) is 0 Å². The van der Waals surface area contributed by atoms with Crippen molar-refractivity contribution in [2.45, 2.75) is 65.6 Å². The second-order valence-corrected chi connectivity index (χ2v) is 6.36. The van der Waals surface area contributed by atoms with E-state index in [2.05, 4.69) is 53.2 Å². The van der Waals surface area contributed by atoms with E-state index in [0.717, 1.165) is 13.5 Å². The molecule has 0 bridgehead atoms. The molecule has 0 spiro atoms. The third kappa shape index (κ3) is 2.12. The molecule has 3 heteroatoms. The van der Waals surface area contributed by atoms with Crippen LogP contribution in [0.15, 0.2) is 0 Å². The Morgan fingerprint density at radius 1 is 1.00 bits per heavy atom. The van der Waals surface area contributed by atoms with Gasteiger partial charge in [-0.1, -0.05) is 34.0 Å². The first-order valence-corrected chi connectivity index (χ1v) is 5.48. The summed E-state index contributed by atoms with van der Waals surface area (Å²) < 4.78 is 2.66. The van der Waals surface area contributed by atoms with Gasteiger partial charge < -0.3 is 4.72 Å². The van der Waals surface area contributed by atoms with Gasteiger partial charge in [0.25, 0.3) is 0 Å². The lowest BCUT2D eigenvalue weighted by atomic mass is 9.29. The molecule has 13 heavy (non-hydrogen) atoms. The van der Waals surface area contributed by atoms with Gasteiger partial charge in [-0.05, 0) is 31.6 Å². The summed E-state index contributed by atoms with van der Waals surface area (Å²) in [4.78, 5) is 0. The Morgan fingerprint density at radius 2 is 1.46 bits per heavy atom. The maximum Gasteiger partial charge on any atom is 0.201 e. The summed E-state index contributed by atoms with van der Waals surface area (Å²) in [6.07, 6.45) is 1.29. The van der Waals surface area contributed by atoms with Gasteiger partial charge in [0.2, 0.25) is 6.74 Å². The average molecular weight is 179 g/mol. The van der Waals surface area contributed by atoms with Crippen LogP contribution < -0.4 is 0 Å². The first kappa shape index (κ1) is 11.2. The van der Waals surface area contributed by atoms with Gasteiger partial charge in [-0.2, -0.15) is 0 Å². The zero-order valence-electron chi connectivity index (χ0n) is 10.3. The molecule has 0 saturated carbocycles. The van der Waals surface area contributed by atoms with Crippen molar-refractivity contribution in [1.29, 1.82) is 0 Å². The van der Waals surface area contributed by atoms with E-state index >= 15 is 0 Å². The van der Waals surface area contributed by atoms with Gasteiger partial charge in [-0.15, -0.1) is 0 Å². The van der Waals surface area contributed by atoms with E-state index < -0.39 is 0 Å². The van der Waals surface area contributed by atoms with Crippen molar-refractivity contribution in [3.63, 3.8) is 0 Å². The second-order valence-electron chi connectivity index (χ2n) is 6.36. The van der Waals surface area contributed by atoms with Crippen LogP contribution in [0.1, 0.15) is 48.5 Å². The molecule has 1 fully saturated rings. The van der Waals surface area contributed by atoms with Gasteiger partial charge in [0.05, 0.1) is 0 Å². The number of hydrogen-bond donors (Lipinski definition) is 0. The quantitative estimate of drug-likeness (QED) is 0.441. The highest BCUT2D eigenvalue weighted by molar-refractivity contribution is 7.37. The summed E-state index contributed by atoms with van der Waals surface area (Å²) in [7, 11) is 0. The van der Waals surface area contributed by atoms with Crippen molar-refractivity contribution in [1.82, 2.24) is 4.72 Å². The van der Waals surface area contributed by atoms with Crippen LogP contribution in [-0.2, 0) is 0 Å². The van der Waals surface area contributed by atoms with Crippen LogP contribution in [-0.4, -0.2) is 23.7 Å². The fourth-order valence-corrected chi connectivity index (χ4v) is 2.61. The monoisotopic (exact) mass is 179 g/mol. The molecule has 0 radical (unpaired) electrons. The van der Waals surface area contributed by atoms with Crippen LogP contribution in [0.5, 0.6) is 0 Å². The van der Waals surface area contributed by atoms with Crippen LogP contribution >= 0.6 is 0 Å². The fraction of sp³-hybridized carbons (Fsp3) is 1.00. The molecule has 1 saturated heterocycles. The molecule has 0 aromatic heterocycles. The third-order valence-electron chi connectivity index (χ3n) is 3.01. The summed E-state index contributed by atoms with van der Waals surface area (Å²) >= 11 is 0. The van der Waals surface area contributed by atoms with Crippen molar-refractivity contribution >= 4 is 13.5 Å². The van der Waals surface area contributed by atoms with Crippen LogP contribution in [0.3, 0.4) is 0 Å². The predicted octanol–water partition coefficient (Wildman–Crippen LogP) is 2.98. The van der Waals surface area contributed by atoms with E-state index in [1.807, 2.05) is 0 Å². The maximum atomic E-state index is 2.66. The molecule has 1 heterocycles. The average Bonchev–Trinajstić information content (AvgIpc) is 2.56. The second kappa shape index (κ2) is 3.05. The van der Waals surface area contributed by atoms with Gasteiger partial charge in [0.1, 0.15) is 0 Å². The first-order chi connectivity index (χ1) is 5.69. The highest BCUT2D eigenvalue weighted by Crippen LogP contribution is 2.45. The van der Waals surface area contributed by atoms with Gasteiger partial charge in [0, 0.05) is 0 Å². The van der Waals surface area contributed by atoms with Crippen molar-refractivity contribution < 1.29 is 0 Å². The standard InChI is InChI=1S/C10H23B2N/c1-8-11-12(9(2,3)4)13(11)10(5,6)7/h8H2,1-7H3. The van der Waals surface area contributed by atoms with Crippen LogP contribution in [0.4, 0.5) is 0 Å². The number of rotatable bonds is 1. The molecular weight excluding hydrogens is 156 g/mol. The third-order valence-corrected chi connectivity index (χ3v) is 3.01. The Labute approximate surface area is 84.5 Å². The molecule has 1 rings (SSSR count). The molecular formula is C10H23B2N. The topological polar surface area (TPSA) is 3.01 Å². The molecule has 0 aromatic carbocycles. The number of hydrogen-bond acceptors (Lipinski definition) is 1. The van der Waals surface area contributed by atoms with E-state index in [4.69, 9.17) is 0 Å². The number of nitrogens with zero attached hydrogens (tertiary/aromatic N) is 1. The molecule has 1 unspecified atom stereocenters. The van der Waals surface area contributed by atoms with E-state index in [1.54, 1.807) is 0 Å². The summed E-state index contributed by atoms with van der Waals surface area (Å²) in [6, 6.07) is 0. The zero-order chi connectivity index (χ0) is 10.4. The highest BCUT2D eigenvalue weighted by Gasteiger charge is 2.61. The minimum Gasteiger partial charge on any atom is -0.388 e. The summed E-state index contributed by atoms with van der Waals surface area (Å²) in [6.45, 7) is 17.9. The molecule has 1 aliphatic heterocycles. The van der Waals surface area contributed by atoms with Crippen LogP contribution in [0.2, 0.25) is 11.6 Å². The zero-order valence-corrected chi connectivity index (χ0v) is 10.3. The minimum absolute atomic E-state index is 0.346. The summed E-state index contributed by atoms with van der Waals surface area (Å²) in [5.74, 6) is 0. The smallest absolute Gasteiger partial charge is 0.201 e. The molecule has 0 aromatic rings. The van der Waals surface area contributed by atoms with Crippen LogP contribution in [0, 0.1) is 0 Å². The van der Waals surface area contributed by atoms with Gasteiger partial charge in [0.15, 0.2) is 6.74 Å². The Balaban J connectivity index is 2.71. The van der Waals surface area contributed by atoms with Crippen molar-refractivity contribution in [2.75, 3.05) is 0 Å². The summed E-state index contributed by atoms with van der Waals surface area (Å²) in [5, 5.41) is 0.438. The SMILES string of the molecule is CCB1B(C(C)(C)C)N1C(C)(C)C. The van der Waals surface area contributed by atoms with E-state index in [0.29, 0.717) is 10.9 Å². The maximum absolute atomic E-state index is 2.66. The molecule has 1 atom stereocenters. The lowest BCUT2D eigenvalue weighted by Crippen LogP contribution is -2.32. The van der Waals surface area contributed by atoms with E-state index in [1.165, 1.54) is 6.32 Å². The Morgan fingerprint density at radius 3 is 1.54 bits per heavy atom. The van der Waals surface area contributed by atoms with E-state index in [-0.39, 0.29) is 0 Å². The molecule has 1 nitrogen and oxygen atoms in total. The summed E-state index contributed by atoms with van der Waals surface area (Å²) in [5.41, 5.74) is 0.346. The first-order valence-electron chi connectivity index (χ1n) is 5.48.